The Kier molecular flexibility index (Phi) is 5.58. The van der Waals surface area contributed by atoms with E-state index >= 15 is 0 Å². The average Bonchev–Trinajstić information content (AvgIpc) is 3.00. The van der Waals surface area contributed by atoms with Gasteiger partial charge in [-0.1, -0.05) is 44.2 Å². The summed E-state index contributed by atoms with van der Waals surface area (Å²) in [6, 6.07) is 10.6. The van der Waals surface area contributed by atoms with Crippen LogP contribution in [0.2, 0.25) is 0 Å². The third kappa shape index (κ3) is 3.81. The van der Waals surface area contributed by atoms with E-state index in [9.17, 15) is 0 Å². The molecule has 2 rings (SSSR count). The van der Waals surface area contributed by atoms with Gasteiger partial charge in [-0.15, -0.1) is 0 Å². The molecule has 2 unspecified atom stereocenters. The maximum atomic E-state index is 6.09. The number of hydrogen-bond donors (Lipinski definition) is 1. The minimum atomic E-state index is 0.00980. The molecular weight excluding hydrogens is 248 g/mol. The molecule has 1 fully saturated rings. The summed E-state index contributed by atoms with van der Waals surface area (Å²) in [5, 5.41) is 0. The zero-order valence-electron chi connectivity index (χ0n) is 12.8. The molecule has 1 heterocycles. The molecule has 1 aromatic carbocycles. The van der Waals surface area contributed by atoms with E-state index in [0.717, 1.165) is 26.2 Å². The molecule has 0 radical (unpaired) electrons. The first-order valence-corrected chi connectivity index (χ1v) is 7.77. The van der Waals surface area contributed by atoms with Crippen molar-refractivity contribution >= 4 is 0 Å². The zero-order valence-corrected chi connectivity index (χ0v) is 12.8. The molecule has 1 aromatic rings. The van der Waals surface area contributed by atoms with E-state index in [4.69, 9.17) is 10.5 Å². The van der Waals surface area contributed by atoms with Crippen molar-refractivity contribution in [1.82, 2.24) is 4.90 Å². The second-order valence-electron chi connectivity index (χ2n) is 6.09. The Morgan fingerprint density at radius 2 is 2.10 bits per heavy atom. The largest absolute Gasteiger partial charge is 0.377 e. The van der Waals surface area contributed by atoms with Crippen molar-refractivity contribution in [1.29, 1.82) is 0 Å². The van der Waals surface area contributed by atoms with Crippen LogP contribution in [-0.4, -0.2) is 43.8 Å². The fourth-order valence-electron chi connectivity index (χ4n) is 2.99. The minimum Gasteiger partial charge on any atom is -0.377 e. The summed E-state index contributed by atoms with van der Waals surface area (Å²) in [4.78, 5) is 2.48. The molecule has 0 bridgehead atoms. The summed E-state index contributed by atoms with van der Waals surface area (Å²) in [7, 11) is 0. The van der Waals surface area contributed by atoms with Gasteiger partial charge in [0.1, 0.15) is 0 Å². The summed E-state index contributed by atoms with van der Waals surface area (Å²) < 4.78 is 5.77. The van der Waals surface area contributed by atoms with Crippen LogP contribution in [0.4, 0.5) is 0 Å². The zero-order chi connectivity index (χ0) is 14.4. The molecule has 3 nitrogen and oxygen atoms in total. The Labute approximate surface area is 123 Å². The highest BCUT2D eigenvalue weighted by Gasteiger charge is 2.29. The number of ether oxygens (including phenoxy) is 1. The number of nitrogens with zero attached hydrogens (tertiary/aromatic N) is 1. The molecule has 3 heteroatoms. The van der Waals surface area contributed by atoms with Gasteiger partial charge in [-0.2, -0.15) is 0 Å². The van der Waals surface area contributed by atoms with Crippen LogP contribution in [0, 0.1) is 0 Å². The molecule has 1 aliphatic heterocycles. The summed E-state index contributed by atoms with van der Waals surface area (Å²) in [5.74, 6) is 0. The van der Waals surface area contributed by atoms with E-state index in [-0.39, 0.29) is 5.41 Å². The number of nitrogens with two attached hydrogens (primary N) is 1. The predicted octanol–water partition coefficient (Wildman–Crippen LogP) is 2.40. The van der Waals surface area contributed by atoms with Crippen LogP contribution in [0.1, 0.15) is 32.3 Å². The Balaban J connectivity index is 2.02. The predicted molar refractivity (Wildman–Crippen MR) is 83.9 cm³/mol. The number of hydrogen-bond acceptors (Lipinski definition) is 3. The quantitative estimate of drug-likeness (QED) is 0.831. The first-order chi connectivity index (χ1) is 9.68. The normalized spacial score (nSPS) is 22.1. The summed E-state index contributed by atoms with van der Waals surface area (Å²) in [5.41, 5.74) is 7.43. The van der Waals surface area contributed by atoms with E-state index in [1.54, 1.807) is 0 Å². The van der Waals surface area contributed by atoms with Gasteiger partial charge in [0.2, 0.25) is 0 Å². The van der Waals surface area contributed by atoms with E-state index in [2.05, 4.69) is 49.1 Å². The number of rotatable bonds is 7. The van der Waals surface area contributed by atoms with E-state index in [1.807, 2.05) is 0 Å². The highest BCUT2D eigenvalue weighted by Crippen LogP contribution is 2.24. The third-order valence-corrected chi connectivity index (χ3v) is 4.43. The van der Waals surface area contributed by atoms with Crippen LogP contribution in [0.5, 0.6) is 0 Å². The van der Waals surface area contributed by atoms with Crippen molar-refractivity contribution < 1.29 is 4.74 Å². The molecule has 0 aromatic heterocycles. The minimum absolute atomic E-state index is 0.00980. The lowest BCUT2D eigenvalue weighted by atomic mass is 9.82. The third-order valence-electron chi connectivity index (χ3n) is 4.43. The molecule has 2 atom stereocenters. The maximum absolute atomic E-state index is 6.09. The van der Waals surface area contributed by atoms with Crippen LogP contribution >= 0.6 is 0 Å². The monoisotopic (exact) mass is 276 g/mol. The van der Waals surface area contributed by atoms with E-state index in [1.165, 1.54) is 18.4 Å². The highest BCUT2D eigenvalue weighted by atomic mass is 16.5. The van der Waals surface area contributed by atoms with Crippen LogP contribution in [0.15, 0.2) is 30.3 Å². The Morgan fingerprint density at radius 3 is 2.65 bits per heavy atom. The van der Waals surface area contributed by atoms with Gasteiger partial charge >= 0.3 is 0 Å². The topological polar surface area (TPSA) is 38.5 Å². The lowest BCUT2D eigenvalue weighted by molar-refractivity contribution is 0.0678. The second-order valence-corrected chi connectivity index (χ2v) is 6.09. The SMILES string of the molecule is CCN(CC1CCCO1)CC(C)(CN)c1ccccc1. The number of likely N-dealkylation sites (N-methyl/N-ethyl adjacent to an activating group) is 1. The van der Waals surface area contributed by atoms with Crippen molar-refractivity contribution in [2.75, 3.05) is 32.8 Å². The van der Waals surface area contributed by atoms with Crippen LogP contribution in [-0.2, 0) is 10.2 Å². The van der Waals surface area contributed by atoms with E-state index in [0.29, 0.717) is 12.6 Å². The van der Waals surface area contributed by atoms with Gasteiger partial charge in [0.15, 0.2) is 0 Å². The lowest BCUT2D eigenvalue weighted by Crippen LogP contribution is -2.46. The van der Waals surface area contributed by atoms with E-state index < -0.39 is 0 Å². The molecule has 1 saturated heterocycles. The first kappa shape index (κ1) is 15.5. The Hall–Kier alpha value is -0.900. The van der Waals surface area contributed by atoms with Crippen molar-refractivity contribution in [2.45, 2.75) is 38.2 Å². The molecule has 0 amide bonds. The first-order valence-electron chi connectivity index (χ1n) is 7.77. The molecular formula is C17H28N2O. The molecule has 20 heavy (non-hydrogen) atoms. The van der Waals surface area contributed by atoms with Gasteiger partial charge in [0.05, 0.1) is 6.10 Å². The van der Waals surface area contributed by atoms with Gasteiger partial charge in [-0.25, -0.2) is 0 Å². The van der Waals surface area contributed by atoms with Gasteiger partial charge < -0.3 is 15.4 Å². The highest BCUT2D eigenvalue weighted by molar-refractivity contribution is 5.25. The van der Waals surface area contributed by atoms with Crippen LogP contribution in [0.3, 0.4) is 0 Å². The van der Waals surface area contributed by atoms with Crippen LogP contribution in [0.25, 0.3) is 0 Å². The van der Waals surface area contributed by atoms with Crippen molar-refractivity contribution in [2.24, 2.45) is 5.73 Å². The number of benzene rings is 1. The summed E-state index contributed by atoms with van der Waals surface area (Å²) in [6.07, 6.45) is 2.81. The van der Waals surface area contributed by atoms with Crippen molar-refractivity contribution in [3.63, 3.8) is 0 Å². The fourth-order valence-corrected chi connectivity index (χ4v) is 2.99. The fraction of sp³-hybridized carbons (Fsp3) is 0.647. The van der Waals surface area contributed by atoms with Crippen molar-refractivity contribution in [3.8, 4) is 0 Å². The molecule has 0 saturated carbocycles. The molecule has 0 spiro atoms. The summed E-state index contributed by atoms with van der Waals surface area (Å²) in [6.45, 7) is 9.14. The average molecular weight is 276 g/mol. The summed E-state index contributed by atoms with van der Waals surface area (Å²) >= 11 is 0. The maximum Gasteiger partial charge on any atom is 0.0702 e. The second kappa shape index (κ2) is 7.21. The molecule has 112 valence electrons. The Morgan fingerprint density at radius 1 is 1.35 bits per heavy atom. The van der Waals surface area contributed by atoms with Crippen molar-refractivity contribution in [3.05, 3.63) is 35.9 Å². The smallest absolute Gasteiger partial charge is 0.0702 e. The van der Waals surface area contributed by atoms with Gasteiger partial charge in [-0.3, -0.25) is 0 Å². The van der Waals surface area contributed by atoms with Gasteiger partial charge in [0.25, 0.3) is 0 Å². The molecule has 0 aliphatic carbocycles. The molecule has 1 aliphatic rings. The van der Waals surface area contributed by atoms with Gasteiger partial charge in [-0.05, 0) is 24.9 Å². The lowest BCUT2D eigenvalue weighted by Gasteiger charge is -2.35. The standard InChI is InChI=1S/C17H28N2O/c1-3-19(12-16-10-7-11-20-16)14-17(2,13-18)15-8-5-4-6-9-15/h4-6,8-9,16H,3,7,10-14,18H2,1-2H3. The Bertz CT molecular complexity index is 389. The van der Waals surface area contributed by atoms with Gasteiger partial charge in [0, 0.05) is 31.7 Å². The van der Waals surface area contributed by atoms with Crippen LogP contribution < -0.4 is 5.73 Å². The molecule has 2 N–H and O–H groups in total.